The van der Waals surface area contributed by atoms with Crippen LogP contribution in [-0.2, 0) is 4.79 Å². The van der Waals surface area contributed by atoms with Crippen LogP contribution in [0, 0.1) is 12.7 Å². The second kappa shape index (κ2) is 4.87. The van der Waals surface area contributed by atoms with Crippen molar-refractivity contribution in [3.63, 3.8) is 0 Å². The number of nitrogens with zero attached hydrogens (tertiary/aromatic N) is 2. The summed E-state index contributed by atoms with van der Waals surface area (Å²) in [6.45, 7) is 5.79. The largest absolute Gasteiger partial charge is 0.369 e. The van der Waals surface area contributed by atoms with Gasteiger partial charge in [-0.2, -0.15) is 0 Å². The molecule has 1 aromatic carbocycles. The van der Waals surface area contributed by atoms with Gasteiger partial charge in [-0.25, -0.2) is 9.37 Å². The number of likely N-dealkylation sites (N-methyl/N-ethyl adjacent to an activating group) is 1. The maximum absolute atomic E-state index is 13.5. The van der Waals surface area contributed by atoms with E-state index in [4.69, 9.17) is 5.73 Å². The van der Waals surface area contributed by atoms with Crippen molar-refractivity contribution >= 4 is 22.9 Å². The molecule has 0 aliphatic carbocycles. The number of hydrogen-bond donors (Lipinski definition) is 2. The minimum absolute atomic E-state index is 0.143. The van der Waals surface area contributed by atoms with Crippen LogP contribution in [0.1, 0.15) is 25.5 Å². The zero-order valence-electron chi connectivity index (χ0n) is 11.2. The van der Waals surface area contributed by atoms with Crippen molar-refractivity contribution < 1.29 is 9.18 Å². The van der Waals surface area contributed by atoms with E-state index in [0.29, 0.717) is 23.1 Å². The van der Waals surface area contributed by atoms with E-state index in [9.17, 15) is 9.18 Å². The fourth-order valence-corrected chi connectivity index (χ4v) is 2.09. The van der Waals surface area contributed by atoms with E-state index >= 15 is 0 Å². The summed E-state index contributed by atoms with van der Waals surface area (Å²) in [5.41, 5.74) is 7.45. The molecule has 0 aliphatic heterocycles. The van der Waals surface area contributed by atoms with Crippen LogP contribution in [0.2, 0.25) is 0 Å². The molecule has 0 aliphatic rings. The number of hydrogen-bond acceptors (Lipinski definition) is 3. The fourth-order valence-electron chi connectivity index (χ4n) is 2.09. The average molecular weight is 264 g/mol. The summed E-state index contributed by atoms with van der Waals surface area (Å²) < 4.78 is 15.1. The number of fused-ring (bicyclic) bond motifs is 1. The number of aryl methyl sites for hydroxylation is 1. The average Bonchev–Trinajstić information content (AvgIpc) is 2.65. The third-order valence-electron chi connectivity index (χ3n) is 3.11. The molecular weight excluding hydrogens is 247 g/mol. The molecule has 19 heavy (non-hydrogen) atoms. The van der Waals surface area contributed by atoms with Crippen molar-refractivity contribution in [2.45, 2.75) is 26.8 Å². The van der Waals surface area contributed by atoms with Crippen molar-refractivity contribution in [1.29, 1.82) is 0 Å². The van der Waals surface area contributed by atoms with Crippen LogP contribution in [0.3, 0.4) is 0 Å². The van der Waals surface area contributed by atoms with Gasteiger partial charge in [0.1, 0.15) is 11.9 Å². The lowest BCUT2D eigenvalue weighted by atomic mass is 10.2. The van der Waals surface area contributed by atoms with Gasteiger partial charge < -0.3 is 11.1 Å². The van der Waals surface area contributed by atoms with E-state index in [0.717, 1.165) is 0 Å². The van der Waals surface area contributed by atoms with Crippen LogP contribution >= 0.6 is 0 Å². The SMILES string of the molecule is CCNC(=O)C(C)n1c(N)nc2cc(F)c(C)cc21. The summed E-state index contributed by atoms with van der Waals surface area (Å²) in [6, 6.07) is 2.50. The Hall–Kier alpha value is -2.11. The van der Waals surface area contributed by atoms with Gasteiger partial charge in [-0.05, 0) is 32.4 Å². The topological polar surface area (TPSA) is 72.9 Å². The van der Waals surface area contributed by atoms with Gasteiger partial charge >= 0.3 is 0 Å². The third-order valence-corrected chi connectivity index (χ3v) is 3.11. The van der Waals surface area contributed by atoms with Gasteiger partial charge in [-0.15, -0.1) is 0 Å². The number of rotatable bonds is 3. The second-order valence-electron chi connectivity index (χ2n) is 4.50. The summed E-state index contributed by atoms with van der Waals surface area (Å²) >= 11 is 0. The monoisotopic (exact) mass is 264 g/mol. The molecule has 102 valence electrons. The predicted molar refractivity (Wildman–Crippen MR) is 72.2 cm³/mol. The van der Waals surface area contributed by atoms with Crippen molar-refractivity contribution in [3.05, 3.63) is 23.5 Å². The van der Waals surface area contributed by atoms with Crippen LogP contribution in [-0.4, -0.2) is 22.0 Å². The molecule has 0 fully saturated rings. The van der Waals surface area contributed by atoms with E-state index in [-0.39, 0.29) is 17.7 Å². The first-order chi connectivity index (χ1) is 8.95. The number of imidazole rings is 1. The lowest BCUT2D eigenvalue weighted by Crippen LogP contribution is -2.31. The smallest absolute Gasteiger partial charge is 0.242 e. The van der Waals surface area contributed by atoms with Gasteiger partial charge in [-0.1, -0.05) is 0 Å². The van der Waals surface area contributed by atoms with Crippen molar-refractivity contribution in [1.82, 2.24) is 14.9 Å². The summed E-state index contributed by atoms with van der Waals surface area (Å²) in [6.07, 6.45) is 0. The van der Waals surface area contributed by atoms with E-state index in [1.165, 1.54) is 6.07 Å². The number of benzene rings is 1. The number of aromatic nitrogens is 2. The molecule has 1 atom stereocenters. The summed E-state index contributed by atoms with van der Waals surface area (Å²) in [5.74, 6) is -0.267. The molecule has 0 bridgehead atoms. The number of halogens is 1. The predicted octanol–water partition coefficient (Wildman–Crippen LogP) is 1.76. The Balaban J connectivity index is 2.56. The number of amides is 1. The van der Waals surface area contributed by atoms with Gasteiger partial charge in [-0.3, -0.25) is 9.36 Å². The van der Waals surface area contributed by atoms with Crippen LogP contribution in [0.4, 0.5) is 10.3 Å². The molecule has 3 N–H and O–H groups in total. The van der Waals surface area contributed by atoms with Crippen LogP contribution in [0.25, 0.3) is 11.0 Å². The van der Waals surface area contributed by atoms with Gasteiger partial charge in [0.2, 0.25) is 11.9 Å². The van der Waals surface area contributed by atoms with Gasteiger partial charge in [0.25, 0.3) is 0 Å². The van der Waals surface area contributed by atoms with Gasteiger partial charge in [0.05, 0.1) is 11.0 Å². The van der Waals surface area contributed by atoms with Crippen molar-refractivity contribution in [2.75, 3.05) is 12.3 Å². The highest BCUT2D eigenvalue weighted by Crippen LogP contribution is 2.25. The molecule has 2 aromatic rings. The fraction of sp³-hybridized carbons (Fsp3) is 0.385. The second-order valence-corrected chi connectivity index (χ2v) is 4.50. The van der Waals surface area contributed by atoms with E-state index in [1.807, 2.05) is 6.92 Å². The first-order valence-electron chi connectivity index (χ1n) is 6.17. The van der Waals surface area contributed by atoms with E-state index < -0.39 is 6.04 Å². The Morgan fingerprint density at radius 3 is 2.89 bits per heavy atom. The van der Waals surface area contributed by atoms with E-state index in [2.05, 4.69) is 10.3 Å². The summed E-state index contributed by atoms with van der Waals surface area (Å²) in [5, 5.41) is 2.73. The maximum atomic E-state index is 13.5. The lowest BCUT2D eigenvalue weighted by Gasteiger charge is -2.15. The molecule has 1 heterocycles. The number of carbonyl (C=O) groups excluding carboxylic acids is 1. The molecule has 6 heteroatoms. The molecule has 0 saturated heterocycles. The molecule has 0 saturated carbocycles. The summed E-state index contributed by atoms with van der Waals surface area (Å²) in [7, 11) is 0. The summed E-state index contributed by atoms with van der Waals surface area (Å²) in [4.78, 5) is 16.0. The number of nitrogen functional groups attached to an aromatic ring is 1. The standard InChI is InChI=1S/C13H17FN4O/c1-4-16-12(19)8(3)18-11-5-7(2)9(14)6-10(11)17-13(18)15/h5-6,8H,4H2,1-3H3,(H2,15,17)(H,16,19). The zero-order chi connectivity index (χ0) is 14.2. The molecule has 5 nitrogen and oxygen atoms in total. The number of nitrogens with one attached hydrogen (secondary N) is 1. The minimum Gasteiger partial charge on any atom is -0.369 e. The molecule has 1 unspecified atom stereocenters. The van der Waals surface area contributed by atoms with Crippen LogP contribution in [0.5, 0.6) is 0 Å². The minimum atomic E-state index is -0.491. The Morgan fingerprint density at radius 2 is 2.26 bits per heavy atom. The molecule has 1 amide bonds. The van der Waals surface area contributed by atoms with Gasteiger partial charge in [0, 0.05) is 12.6 Å². The number of carbonyl (C=O) groups is 1. The molecule has 0 radical (unpaired) electrons. The quantitative estimate of drug-likeness (QED) is 0.887. The van der Waals surface area contributed by atoms with Crippen molar-refractivity contribution in [2.24, 2.45) is 0 Å². The lowest BCUT2D eigenvalue weighted by molar-refractivity contribution is -0.123. The first-order valence-corrected chi connectivity index (χ1v) is 6.17. The van der Waals surface area contributed by atoms with Crippen LogP contribution in [0.15, 0.2) is 12.1 Å². The molecule has 2 rings (SSSR count). The highest BCUT2D eigenvalue weighted by Gasteiger charge is 2.20. The van der Waals surface area contributed by atoms with Crippen molar-refractivity contribution in [3.8, 4) is 0 Å². The Kier molecular flexibility index (Phi) is 3.42. The number of anilines is 1. The van der Waals surface area contributed by atoms with Gasteiger partial charge in [0.15, 0.2) is 0 Å². The first kappa shape index (κ1) is 13.3. The normalized spacial score (nSPS) is 12.6. The van der Waals surface area contributed by atoms with Crippen LogP contribution < -0.4 is 11.1 Å². The highest BCUT2D eigenvalue weighted by molar-refractivity contribution is 5.85. The number of nitrogens with two attached hydrogens (primary N) is 1. The molecule has 1 aromatic heterocycles. The van der Waals surface area contributed by atoms with E-state index in [1.54, 1.807) is 24.5 Å². The Bertz CT molecular complexity index is 635. The Labute approximate surface area is 110 Å². The molecular formula is C13H17FN4O. The third kappa shape index (κ3) is 2.25. The highest BCUT2D eigenvalue weighted by atomic mass is 19.1. The maximum Gasteiger partial charge on any atom is 0.242 e. The molecule has 0 spiro atoms. The zero-order valence-corrected chi connectivity index (χ0v) is 11.2. The Morgan fingerprint density at radius 1 is 1.58 bits per heavy atom.